The highest BCUT2D eigenvalue weighted by molar-refractivity contribution is 6.15. The van der Waals surface area contributed by atoms with E-state index in [1.165, 1.54) is 0 Å². The molecule has 0 aliphatic carbocycles. The summed E-state index contributed by atoms with van der Waals surface area (Å²) in [4.78, 5) is 11.4. The normalized spacial score (nSPS) is 12.6. The zero-order chi connectivity index (χ0) is 11.4. The summed E-state index contributed by atoms with van der Waals surface area (Å²) in [6.45, 7) is 10.7. The van der Waals surface area contributed by atoms with Gasteiger partial charge in [0.25, 0.3) is 0 Å². The van der Waals surface area contributed by atoms with Gasteiger partial charge in [0.1, 0.15) is 5.60 Å². The molecular formula is C10H22BNO2. The molecule has 0 aliphatic heterocycles. The van der Waals surface area contributed by atoms with Gasteiger partial charge in [-0.25, -0.2) is 0 Å². The van der Waals surface area contributed by atoms with E-state index >= 15 is 0 Å². The van der Waals surface area contributed by atoms with E-state index in [-0.39, 0.29) is 11.3 Å². The smallest absolute Gasteiger partial charge is 0.239 e. The molecule has 3 nitrogen and oxygen atoms in total. The number of nitrogens with one attached hydrogen (secondary N) is 1. The summed E-state index contributed by atoms with van der Waals surface area (Å²) in [5, 5.41) is 2.59. The number of hydrogen-bond donors (Lipinski definition) is 1. The zero-order valence-electron chi connectivity index (χ0n) is 10.2. The van der Waals surface area contributed by atoms with Crippen LogP contribution >= 0.6 is 0 Å². The van der Waals surface area contributed by atoms with Crippen molar-refractivity contribution in [2.24, 2.45) is 5.41 Å². The number of hydrogen-bond acceptors (Lipinski definition) is 2. The Morgan fingerprint density at radius 3 is 2.14 bits per heavy atom. The standard InChI is InChI=1S/C10H22BNO2/c1-9(2,3)6-7-14-10(4,5)8(13)12-11/h6-7,11H2,1-5H3,(H,12,13). The van der Waals surface area contributed by atoms with Crippen molar-refractivity contribution in [3.8, 4) is 0 Å². The molecule has 0 rings (SSSR count). The van der Waals surface area contributed by atoms with E-state index in [1.54, 1.807) is 21.8 Å². The van der Waals surface area contributed by atoms with Crippen molar-refractivity contribution in [3.05, 3.63) is 0 Å². The number of rotatable bonds is 4. The lowest BCUT2D eigenvalue weighted by atomic mass is 9.93. The van der Waals surface area contributed by atoms with Crippen LogP contribution in [0.25, 0.3) is 0 Å². The monoisotopic (exact) mass is 199 g/mol. The van der Waals surface area contributed by atoms with Crippen molar-refractivity contribution >= 4 is 13.9 Å². The van der Waals surface area contributed by atoms with Gasteiger partial charge >= 0.3 is 0 Å². The van der Waals surface area contributed by atoms with Gasteiger partial charge in [0.15, 0.2) is 0 Å². The number of carbonyl (C=O) groups excluding carboxylic acids is 1. The Kier molecular flexibility index (Phi) is 4.65. The first-order chi connectivity index (χ1) is 6.19. The molecule has 4 heteroatoms. The SMILES string of the molecule is BNC(=O)C(C)(C)OCCC(C)(C)C. The molecule has 0 atom stereocenters. The fourth-order valence-electron chi connectivity index (χ4n) is 0.979. The lowest BCUT2D eigenvalue weighted by molar-refractivity contribution is -0.141. The Balaban J connectivity index is 3.94. The van der Waals surface area contributed by atoms with Gasteiger partial charge in [-0.1, -0.05) is 20.8 Å². The topological polar surface area (TPSA) is 38.3 Å². The van der Waals surface area contributed by atoms with Crippen molar-refractivity contribution in [1.82, 2.24) is 5.23 Å². The van der Waals surface area contributed by atoms with Crippen LogP contribution in [-0.2, 0) is 9.53 Å². The Labute approximate surface area is 88.0 Å². The molecule has 14 heavy (non-hydrogen) atoms. The van der Waals surface area contributed by atoms with Gasteiger partial charge in [-0.05, 0) is 25.7 Å². The van der Waals surface area contributed by atoms with E-state index in [1.807, 2.05) is 0 Å². The molecule has 0 heterocycles. The largest absolute Gasteiger partial charge is 0.404 e. The van der Waals surface area contributed by atoms with Gasteiger partial charge in [0.2, 0.25) is 13.9 Å². The van der Waals surface area contributed by atoms with E-state index < -0.39 is 5.60 Å². The Morgan fingerprint density at radius 2 is 1.79 bits per heavy atom. The molecule has 1 N–H and O–H groups in total. The zero-order valence-corrected chi connectivity index (χ0v) is 10.2. The van der Waals surface area contributed by atoms with Gasteiger partial charge in [-0.3, -0.25) is 4.79 Å². The van der Waals surface area contributed by atoms with E-state index in [0.717, 1.165) is 6.42 Å². The lowest BCUT2D eigenvalue weighted by Crippen LogP contribution is -2.43. The van der Waals surface area contributed by atoms with Crippen LogP contribution in [0.3, 0.4) is 0 Å². The second kappa shape index (κ2) is 4.83. The Morgan fingerprint density at radius 1 is 1.29 bits per heavy atom. The molecule has 0 aromatic heterocycles. The first kappa shape index (κ1) is 13.5. The molecule has 0 aliphatic rings. The summed E-state index contributed by atoms with van der Waals surface area (Å²) < 4.78 is 5.55. The van der Waals surface area contributed by atoms with Crippen LogP contribution in [-0.4, -0.2) is 26.1 Å². The van der Waals surface area contributed by atoms with Crippen LogP contribution < -0.4 is 5.23 Å². The third-order valence-electron chi connectivity index (χ3n) is 2.09. The molecule has 0 bridgehead atoms. The maximum atomic E-state index is 11.4. The van der Waals surface area contributed by atoms with Crippen LogP contribution in [0, 0.1) is 5.41 Å². The molecule has 0 unspecified atom stereocenters. The maximum absolute atomic E-state index is 11.4. The van der Waals surface area contributed by atoms with Gasteiger partial charge in [-0.2, -0.15) is 0 Å². The molecule has 0 saturated heterocycles. The van der Waals surface area contributed by atoms with Gasteiger partial charge in [0, 0.05) is 6.61 Å². The highest BCUT2D eigenvalue weighted by Gasteiger charge is 2.27. The number of amides is 1. The van der Waals surface area contributed by atoms with Crippen LogP contribution in [0.2, 0.25) is 0 Å². The van der Waals surface area contributed by atoms with E-state index in [4.69, 9.17) is 4.74 Å². The molecule has 82 valence electrons. The minimum Gasteiger partial charge on any atom is -0.404 e. The molecular weight excluding hydrogens is 177 g/mol. The minimum atomic E-state index is -0.722. The van der Waals surface area contributed by atoms with Crippen molar-refractivity contribution in [1.29, 1.82) is 0 Å². The third kappa shape index (κ3) is 5.27. The highest BCUT2D eigenvalue weighted by Crippen LogP contribution is 2.20. The summed E-state index contributed by atoms with van der Waals surface area (Å²) >= 11 is 0. The van der Waals surface area contributed by atoms with Crippen molar-refractivity contribution in [2.75, 3.05) is 6.61 Å². The predicted octanol–water partition coefficient (Wildman–Crippen LogP) is 0.882. The van der Waals surface area contributed by atoms with Crippen molar-refractivity contribution in [3.63, 3.8) is 0 Å². The molecule has 0 fully saturated rings. The van der Waals surface area contributed by atoms with Gasteiger partial charge in [-0.15, -0.1) is 0 Å². The average Bonchev–Trinajstić information content (AvgIpc) is 2.00. The summed E-state index contributed by atoms with van der Waals surface area (Å²) in [5.74, 6) is -0.0774. The van der Waals surface area contributed by atoms with E-state index in [2.05, 4.69) is 26.0 Å². The fourth-order valence-corrected chi connectivity index (χ4v) is 0.979. The second-order valence-corrected chi connectivity index (χ2v) is 5.25. The molecule has 0 saturated carbocycles. The minimum absolute atomic E-state index is 0.0774. The average molecular weight is 199 g/mol. The quantitative estimate of drug-likeness (QED) is 0.682. The van der Waals surface area contributed by atoms with Crippen molar-refractivity contribution < 1.29 is 9.53 Å². The Hall–Kier alpha value is -0.505. The third-order valence-corrected chi connectivity index (χ3v) is 2.09. The first-order valence-corrected chi connectivity index (χ1v) is 5.05. The number of ether oxygens (including phenoxy) is 1. The molecule has 0 aromatic rings. The second-order valence-electron chi connectivity index (χ2n) is 5.25. The van der Waals surface area contributed by atoms with Crippen LogP contribution in [0.4, 0.5) is 0 Å². The summed E-state index contributed by atoms with van der Waals surface area (Å²) in [5.41, 5.74) is -0.473. The molecule has 0 aromatic carbocycles. The summed E-state index contributed by atoms with van der Waals surface area (Å²) in [6.07, 6.45) is 0.952. The Bertz CT molecular complexity index is 197. The lowest BCUT2D eigenvalue weighted by Gasteiger charge is -2.26. The van der Waals surface area contributed by atoms with Gasteiger partial charge in [0.05, 0.1) is 0 Å². The fraction of sp³-hybridized carbons (Fsp3) is 0.900. The predicted molar refractivity (Wildman–Crippen MR) is 60.8 cm³/mol. The van der Waals surface area contributed by atoms with Gasteiger partial charge < -0.3 is 9.96 Å². The molecule has 0 radical (unpaired) electrons. The summed E-state index contributed by atoms with van der Waals surface area (Å²) in [6, 6.07) is 0. The van der Waals surface area contributed by atoms with Crippen LogP contribution in [0.1, 0.15) is 41.0 Å². The van der Waals surface area contributed by atoms with Crippen LogP contribution in [0.5, 0.6) is 0 Å². The number of carbonyl (C=O) groups is 1. The molecule has 1 amide bonds. The van der Waals surface area contributed by atoms with E-state index in [0.29, 0.717) is 6.61 Å². The molecule has 0 spiro atoms. The van der Waals surface area contributed by atoms with E-state index in [9.17, 15) is 4.79 Å². The van der Waals surface area contributed by atoms with Crippen LogP contribution in [0.15, 0.2) is 0 Å². The highest BCUT2D eigenvalue weighted by atomic mass is 16.5. The summed E-state index contributed by atoms with van der Waals surface area (Å²) in [7, 11) is 1.62. The maximum Gasteiger partial charge on any atom is 0.239 e. The van der Waals surface area contributed by atoms with Crippen molar-refractivity contribution in [2.45, 2.75) is 46.6 Å². The first-order valence-electron chi connectivity index (χ1n) is 5.05.